The average Bonchev–Trinajstić information content (AvgIpc) is 2.85. The molecule has 0 radical (unpaired) electrons. The number of hydrogen-bond acceptors (Lipinski definition) is 5. The Kier molecular flexibility index (Phi) is 3.82. The van der Waals surface area contributed by atoms with Crippen LogP contribution >= 0.6 is 11.3 Å². The number of nitrogens with zero attached hydrogens (tertiary/aromatic N) is 2. The number of thiophene rings is 1. The minimum absolute atomic E-state index is 0.120. The summed E-state index contributed by atoms with van der Waals surface area (Å²) in [4.78, 5) is 4.43. The van der Waals surface area contributed by atoms with Crippen molar-refractivity contribution in [3.05, 3.63) is 22.2 Å². The first-order valence-corrected chi connectivity index (χ1v) is 6.99. The molecule has 0 saturated carbocycles. The molecule has 0 aromatic carbocycles. The summed E-state index contributed by atoms with van der Waals surface area (Å²) in [7, 11) is 0. The molecule has 5 heteroatoms. The van der Waals surface area contributed by atoms with Gasteiger partial charge in [0.2, 0.25) is 11.7 Å². The van der Waals surface area contributed by atoms with Gasteiger partial charge in [-0.3, -0.25) is 0 Å². The summed E-state index contributed by atoms with van der Waals surface area (Å²) in [6.07, 6.45) is -0.498. The van der Waals surface area contributed by atoms with Crippen LogP contribution in [0.25, 0.3) is 11.4 Å². The fourth-order valence-electron chi connectivity index (χ4n) is 2.12. The molecule has 2 atom stereocenters. The van der Waals surface area contributed by atoms with Gasteiger partial charge in [-0.05, 0) is 30.7 Å². The summed E-state index contributed by atoms with van der Waals surface area (Å²) in [6, 6.07) is 0. The second kappa shape index (κ2) is 5.20. The van der Waals surface area contributed by atoms with E-state index >= 15 is 0 Å². The summed E-state index contributed by atoms with van der Waals surface area (Å²) in [5, 5.41) is 17.9. The predicted molar refractivity (Wildman–Crippen MR) is 71.6 cm³/mol. The molecule has 2 heterocycles. The van der Waals surface area contributed by atoms with Crippen LogP contribution in [-0.2, 0) is 0 Å². The molecule has 0 aliphatic carbocycles. The van der Waals surface area contributed by atoms with Gasteiger partial charge in [-0.2, -0.15) is 16.3 Å². The van der Waals surface area contributed by atoms with E-state index in [0.29, 0.717) is 11.7 Å². The summed E-state index contributed by atoms with van der Waals surface area (Å²) in [6.45, 7) is 7.86. The van der Waals surface area contributed by atoms with Crippen molar-refractivity contribution in [1.29, 1.82) is 0 Å². The van der Waals surface area contributed by atoms with Crippen LogP contribution in [-0.4, -0.2) is 21.4 Å². The average molecular weight is 266 g/mol. The van der Waals surface area contributed by atoms with Crippen molar-refractivity contribution < 1.29 is 9.63 Å². The molecular weight excluding hydrogens is 248 g/mol. The first-order valence-electron chi connectivity index (χ1n) is 6.05. The molecule has 2 aromatic rings. The second-order valence-corrected chi connectivity index (χ2v) is 5.68. The van der Waals surface area contributed by atoms with Gasteiger partial charge in [-0.25, -0.2) is 0 Å². The number of aliphatic hydroxyl groups excluding tert-OH is 1. The van der Waals surface area contributed by atoms with E-state index in [1.165, 1.54) is 0 Å². The van der Waals surface area contributed by atoms with Gasteiger partial charge in [0.05, 0.1) is 12.0 Å². The van der Waals surface area contributed by atoms with Gasteiger partial charge in [0.1, 0.15) is 0 Å². The van der Waals surface area contributed by atoms with Gasteiger partial charge in [0.15, 0.2) is 0 Å². The topological polar surface area (TPSA) is 59.2 Å². The van der Waals surface area contributed by atoms with Gasteiger partial charge < -0.3 is 9.63 Å². The molecule has 2 aromatic heterocycles. The molecule has 0 fully saturated rings. The first kappa shape index (κ1) is 13.2. The Labute approximate surface area is 111 Å². The number of hydrogen-bond donors (Lipinski definition) is 1. The highest BCUT2D eigenvalue weighted by Gasteiger charge is 2.27. The molecule has 0 bridgehead atoms. The Morgan fingerprint density at radius 1 is 1.28 bits per heavy atom. The van der Waals surface area contributed by atoms with Gasteiger partial charge in [-0.15, -0.1) is 0 Å². The number of aliphatic hydroxyl groups is 1. The van der Waals surface area contributed by atoms with Gasteiger partial charge in [-0.1, -0.05) is 19.0 Å². The Morgan fingerprint density at radius 3 is 2.50 bits per heavy atom. The van der Waals surface area contributed by atoms with Crippen molar-refractivity contribution >= 4 is 11.3 Å². The number of aromatic nitrogens is 2. The molecule has 0 amide bonds. The van der Waals surface area contributed by atoms with Crippen molar-refractivity contribution in [2.24, 2.45) is 5.92 Å². The molecule has 18 heavy (non-hydrogen) atoms. The zero-order valence-corrected chi connectivity index (χ0v) is 11.9. The summed E-state index contributed by atoms with van der Waals surface area (Å²) in [5.41, 5.74) is 2.15. The summed E-state index contributed by atoms with van der Waals surface area (Å²) < 4.78 is 5.31. The Hall–Kier alpha value is -1.20. The van der Waals surface area contributed by atoms with Crippen LogP contribution in [0.2, 0.25) is 0 Å². The lowest BCUT2D eigenvalue weighted by Crippen LogP contribution is -2.20. The van der Waals surface area contributed by atoms with Crippen molar-refractivity contribution in [2.45, 2.75) is 39.7 Å². The van der Waals surface area contributed by atoms with Crippen molar-refractivity contribution in [1.82, 2.24) is 10.1 Å². The highest BCUT2D eigenvalue weighted by atomic mass is 32.1. The summed E-state index contributed by atoms with van der Waals surface area (Å²) >= 11 is 1.62. The van der Waals surface area contributed by atoms with E-state index in [2.05, 4.69) is 15.5 Å². The van der Waals surface area contributed by atoms with Crippen LogP contribution in [0.3, 0.4) is 0 Å². The van der Waals surface area contributed by atoms with Crippen LogP contribution in [0.1, 0.15) is 38.1 Å². The smallest absolute Gasteiger partial charge is 0.232 e. The zero-order chi connectivity index (χ0) is 13.3. The highest BCUT2D eigenvalue weighted by Crippen LogP contribution is 2.30. The van der Waals surface area contributed by atoms with Gasteiger partial charge in [0.25, 0.3) is 0 Å². The SMILES string of the molecule is Cc1cscc1-c1noc(C(C(C)C)C(C)O)n1. The molecule has 0 spiro atoms. The number of rotatable bonds is 4. The highest BCUT2D eigenvalue weighted by molar-refractivity contribution is 7.08. The third-order valence-corrected chi connectivity index (χ3v) is 3.92. The lowest BCUT2D eigenvalue weighted by molar-refractivity contribution is 0.120. The van der Waals surface area contributed by atoms with Crippen LogP contribution in [0, 0.1) is 12.8 Å². The predicted octanol–water partition coefficient (Wildman–Crippen LogP) is 3.23. The molecule has 0 aliphatic rings. The molecular formula is C13H18N2O2S. The molecule has 2 rings (SSSR count). The Balaban J connectivity index is 2.33. The van der Waals surface area contributed by atoms with E-state index < -0.39 is 6.10 Å². The monoisotopic (exact) mass is 266 g/mol. The fraction of sp³-hybridized carbons (Fsp3) is 0.538. The minimum atomic E-state index is -0.498. The molecule has 2 unspecified atom stereocenters. The van der Waals surface area contributed by atoms with E-state index in [9.17, 15) is 5.11 Å². The standard InChI is InChI=1S/C13H18N2O2S/c1-7(2)11(9(4)16)13-14-12(15-17-13)10-6-18-5-8(10)3/h5-7,9,11,16H,1-4H3. The molecule has 98 valence electrons. The third-order valence-electron chi connectivity index (χ3n) is 3.06. The lowest BCUT2D eigenvalue weighted by Gasteiger charge is -2.19. The normalized spacial score (nSPS) is 15.0. The van der Waals surface area contributed by atoms with Crippen LogP contribution < -0.4 is 0 Å². The molecule has 0 aliphatic heterocycles. The maximum absolute atomic E-state index is 9.80. The van der Waals surface area contributed by atoms with E-state index in [-0.39, 0.29) is 11.8 Å². The molecule has 0 saturated heterocycles. The molecule has 1 N–H and O–H groups in total. The fourth-order valence-corrected chi connectivity index (χ4v) is 2.94. The van der Waals surface area contributed by atoms with Gasteiger partial charge in [0, 0.05) is 10.9 Å². The zero-order valence-electron chi connectivity index (χ0n) is 11.0. The van der Waals surface area contributed by atoms with Crippen LogP contribution in [0.5, 0.6) is 0 Å². The largest absolute Gasteiger partial charge is 0.393 e. The number of aryl methyl sites for hydroxylation is 1. The lowest BCUT2D eigenvalue weighted by atomic mass is 9.91. The van der Waals surface area contributed by atoms with Crippen molar-refractivity contribution in [3.63, 3.8) is 0 Å². The second-order valence-electron chi connectivity index (χ2n) is 4.94. The molecule has 4 nitrogen and oxygen atoms in total. The third kappa shape index (κ3) is 2.47. The Morgan fingerprint density at radius 2 is 2.00 bits per heavy atom. The van der Waals surface area contributed by atoms with Crippen LogP contribution in [0.4, 0.5) is 0 Å². The van der Waals surface area contributed by atoms with Crippen molar-refractivity contribution in [2.75, 3.05) is 0 Å². The maximum atomic E-state index is 9.80. The van der Waals surface area contributed by atoms with E-state index in [0.717, 1.165) is 11.1 Å². The quantitative estimate of drug-likeness (QED) is 0.923. The van der Waals surface area contributed by atoms with E-state index in [1.54, 1.807) is 18.3 Å². The van der Waals surface area contributed by atoms with Gasteiger partial charge >= 0.3 is 0 Å². The van der Waals surface area contributed by atoms with E-state index in [4.69, 9.17) is 4.52 Å². The minimum Gasteiger partial charge on any atom is -0.393 e. The Bertz CT molecular complexity index is 509. The maximum Gasteiger partial charge on any atom is 0.232 e. The van der Waals surface area contributed by atoms with E-state index in [1.807, 2.05) is 26.2 Å². The summed E-state index contributed by atoms with van der Waals surface area (Å²) in [5.74, 6) is 1.25. The first-order chi connectivity index (χ1) is 8.50. The van der Waals surface area contributed by atoms with Crippen molar-refractivity contribution in [3.8, 4) is 11.4 Å². The van der Waals surface area contributed by atoms with Crippen LogP contribution in [0.15, 0.2) is 15.3 Å².